The summed E-state index contributed by atoms with van der Waals surface area (Å²) in [4.78, 5) is 14.8. The summed E-state index contributed by atoms with van der Waals surface area (Å²) in [6.07, 6.45) is -0.0882. The maximum atomic E-state index is 11.5. The van der Waals surface area contributed by atoms with Crippen LogP contribution < -0.4 is 0 Å². The topological polar surface area (TPSA) is 67.6 Å². The summed E-state index contributed by atoms with van der Waals surface area (Å²) in [5, 5.41) is 17.5. The van der Waals surface area contributed by atoms with Crippen LogP contribution in [0, 0.1) is 11.3 Å². The summed E-state index contributed by atoms with van der Waals surface area (Å²) in [6, 6.07) is 1.99. The minimum absolute atomic E-state index is 0.0339. The van der Waals surface area contributed by atoms with Crippen molar-refractivity contribution in [2.75, 3.05) is 33.7 Å². The zero-order valence-electron chi connectivity index (χ0n) is 9.60. The molecule has 0 rings (SSSR count). The van der Waals surface area contributed by atoms with Gasteiger partial charge in [-0.25, -0.2) is 0 Å². The molecular weight excluding hydrogens is 194 g/mol. The lowest BCUT2D eigenvalue weighted by atomic mass is 10.3. The molecule has 1 atom stereocenters. The molecule has 5 nitrogen and oxygen atoms in total. The fourth-order valence-corrected chi connectivity index (χ4v) is 1.21. The molecule has 5 heteroatoms. The quantitative estimate of drug-likeness (QED) is 0.656. The van der Waals surface area contributed by atoms with Crippen molar-refractivity contribution in [3.8, 4) is 6.07 Å². The van der Waals surface area contributed by atoms with Crippen molar-refractivity contribution in [1.82, 2.24) is 9.80 Å². The first kappa shape index (κ1) is 13.9. The van der Waals surface area contributed by atoms with Crippen molar-refractivity contribution in [2.24, 2.45) is 0 Å². The number of carbonyl (C=O) groups is 1. The van der Waals surface area contributed by atoms with Crippen molar-refractivity contribution in [3.05, 3.63) is 0 Å². The van der Waals surface area contributed by atoms with Gasteiger partial charge in [0.25, 0.3) is 0 Å². The highest BCUT2D eigenvalue weighted by molar-refractivity contribution is 5.77. The molecule has 15 heavy (non-hydrogen) atoms. The largest absolute Gasteiger partial charge is 0.392 e. The Labute approximate surface area is 90.9 Å². The van der Waals surface area contributed by atoms with E-state index in [1.54, 1.807) is 25.9 Å². The number of nitrogens with zero attached hydrogens (tertiary/aromatic N) is 3. The molecule has 0 bridgehead atoms. The molecule has 0 heterocycles. The van der Waals surface area contributed by atoms with Gasteiger partial charge in [-0.05, 0) is 14.0 Å². The van der Waals surface area contributed by atoms with Gasteiger partial charge in [-0.1, -0.05) is 0 Å². The van der Waals surface area contributed by atoms with E-state index in [-0.39, 0.29) is 12.5 Å². The lowest BCUT2D eigenvalue weighted by Gasteiger charge is -2.21. The predicted molar refractivity (Wildman–Crippen MR) is 57.0 cm³/mol. The lowest BCUT2D eigenvalue weighted by molar-refractivity contribution is -0.130. The van der Waals surface area contributed by atoms with Gasteiger partial charge in [0.05, 0.1) is 25.1 Å². The molecule has 1 N–H and O–H groups in total. The van der Waals surface area contributed by atoms with E-state index < -0.39 is 6.10 Å². The number of carbonyl (C=O) groups excluding carboxylic acids is 1. The first-order valence-electron chi connectivity index (χ1n) is 4.95. The molecule has 0 aliphatic heterocycles. The summed E-state index contributed by atoms with van der Waals surface area (Å²) in [5.74, 6) is -0.0339. The fourth-order valence-electron chi connectivity index (χ4n) is 1.21. The van der Waals surface area contributed by atoms with Crippen LogP contribution in [0.25, 0.3) is 0 Å². The molecule has 86 valence electrons. The Morgan fingerprint density at radius 1 is 1.53 bits per heavy atom. The Morgan fingerprint density at radius 2 is 2.13 bits per heavy atom. The molecular formula is C10H19N3O2. The zero-order valence-corrected chi connectivity index (χ0v) is 9.60. The van der Waals surface area contributed by atoms with Crippen molar-refractivity contribution >= 4 is 5.91 Å². The first-order chi connectivity index (χ1) is 6.97. The predicted octanol–water partition coefficient (Wildman–Crippen LogP) is -0.329. The zero-order chi connectivity index (χ0) is 11.8. The van der Waals surface area contributed by atoms with E-state index >= 15 is 0 Å². The summed E-state index contributed by atoms with van der Waals surface area (Å²) in [5.41, 5.74) is 0. The highest BCUT2D eigenvalue weighted by Crippen LogP contribution is 1.93. The molecule has 1 unspecified atom stereocenters. The number of amides is 1. The summed E-state index contributed by atoms with van der Waals surface area (Å²) >= 11 is 0. The number of hydrogen-bond acceptors (Lipinski definition) is 4. The molecule has 0 aromatic heterocycles. The Balaban J connectivity index is 3.86. The van der Waals surface area contributed by atoms with Crippen molar-refractivity contribution in [2.45, 2.75) is 19.4 Å². The highest BCUT2D eigenvalue weighted by atomic mass is 16.3. The fraction of sp³-hybridized carbons (Fsp3) is 0.800. The van der Waals surface area contributed by atoms with Crippen molar-refractivity contribution in [1.29, 1.82) is 5.26 Å². The SMILES string of the molecule is CC(O)CN(C)CC(=O)N(C)CCC#N. The lowest BCUT2D eigenvalue weighted by Crippen LogP contribution is -2.39. The second-order valence-corrected chi connectivity index (χ2v) is 3.77. The van der Waals surface area contributed by atoms with E-state index in [1.165, 1.54) is 4.90 Å². The first-order valence-corrected chi connectivity index (χ1v) is 4.95. The molecule has 0 aromatic carbocycles. The Morgan fingerprint density at radius 3 is 2.60 bits per heavy atom. The van der Waals surface area contributed by atoms with Crippen LogP contribution in [0.1, 0.15) is 13.3 Å². The van der Waals surface area contributed by atoms with E-state index in [1.807, 2.05) is 6.07 Å². The van der Waals surface area contributed by atoms with E-state index in [0.29, 0.717) is 19.5 Å². The molecule has 0 fully saturated rings. The van der Waals surface area contributed by atoms with Crippen LogP contribution in [0.2, 0.25) is 0 Å². The molecule has 0 saturated carbocycles. The maximum absolute atomic E-state index is 11.5. The highest BCUT2D eigenvalue weighted by Gasteiger charge is 2.12. The number of aliphatic hydroxyl groups excluding tert-OH is 1. The number of aliphatic hydroxyl groups is 1. The van der Waals surface area contributed by atoms with Crippen LogP contribution >= 0.6 is 0 Å². The molecule has 0 aliphatic carbocycles. The van der Waals surface area contributed by atoms with Gasteiger partial charge in [0, 0.05) is 20.1 Å². The number of rotatable bonds is 6. The van der Waals surface area contributed by atoms with Crippen LogP contribution in [0.4, 0.5) is 0 Å². The standard InChI is InChI=1S/C10H19N3O2/c1-9(14)7-12(2)8-10(15)13(3)6-4-5-11/h9,14H,4,6-8H2,1-3H3. The van der Waals surface area contributed by atoms with Gasteiger partial charge in [-0.3, -0.25) is 9.69 Å². The molecule has 1 amide bonds. The van der Waals surface area contributed by atoms with Gasteiger partial charge in [0.2, 0.25) is 5.91 Å². The second-order valence-electron chi connectivity index (χ2n) is 3.77. The van der Waals surface area contributed by atoms with E-state index in [4.69, 9.17) is 10.4 Å². The Kier molecular flexibility index (Phi) is 6.67. The number of nitriles is 1. The van der Waals surface area contributed by atoms with Gasteiger partial charge in [0.1, 0.15) is 0 Å². The molecule has 0 radical (unpaired) electrons. The minimum Gasteiger partial charge on any atom is -0.392 e. The second kappa shape index (κ2) is 7.21. The molecule has 0 aliphatic rings. The Bertz CT molecular complexity index is 235. The third kappa shape index (κ3) is 6.89. The van der Waals surface area contributed by atoms with Crippen LogP contribution in [0.3, 0.4) is 0 Å². The minimum atomic E-state index is -0.438. The molecule has 0 aromatic rings. The monoisotopic (exact) mass is 213 g/mol. The van der Waals surface area contributed by atoms with Gasteiger partial charge >= 0.3 is 0 Å². The average Bonchev–Trinajstić information content (AvgIpc) is 2.12. The molecule has 0 spiro atoms. The summed E-state index contributed by atoms with van der Waals surface area (Å²) in [6.45, 7) is 2.88. The maximum Gasteiger partial charge on any atom is 0.236 e. The summed E-state index contributed by atoms with van der Waals surface area (Å²) < 4.78 is 0. The van der Waals surface area contributed by atoms with E-state index in [0.717, 1.165) is 0 Å². The van der Waals surface area contributed by atoms with Gasteiger partial charge in [-0.15, -0.1) is 0 Å². The van der Waals surface area contributed by atoms with E-state index in [2.05, 4.69) is 0 Å². The van der Waals surface area contributed by atoms with Gasteiger partial charge < -0.3 is 10.0 Å². The van der Waals surface area contributed by atoms with Crippen LogP contribution in [0.15, 0.2) is 0 Å². The third-order valence-electron chi connectivity index (χ3n) is 1.97. The normalized spacial score (nSPS) is 12.3. The van der Waals surface area contributed by atoms with Crippen molar-refractivity contribution < 1.29 is 9.90 Å². The van der Waals surface area contributed by atoms with Crippen LogP contribution in [0.5, 0.6) is 0 Å². The van der Waals surface area contributed by atoms with Gasteiger partial charge in [0.15, 0.2) is 0 Å². The van der Waals surface area contributed by atoms with E-state index in [9.17, 15) is 4.79 Å². The van der Waals surface area contributed by atoms with Crippen LogP contribution in [-0.2, 0) is 4.79 Å². The number of likely N-dealkylation sites (N-methyl/N-ethyl adjacent to an activating group) is 2. The summed E-state index contributed by atoms with van der Waals surface area (Å²) in [7, 11) is 3.46. The third-order valence-corrected chi connectivity index (χ3v) is 1.97. The van der Waals surface area contributed by atoms with Gasteiger partial charge in [-0.2, -0.15) is 5.26 Å². The van der Waals surface area contributed by atoms with Crippen LogP contribution in [-0.4, -0.2) is 60.6 Å². The number of hydrogen-bond donors (Lipinski definition) is 1. The van der Waals surface area contributed by atoms with Crippen molar-refractivity contribution in [3.63, 3.8) is 0 Å². The smallest absolute Gasteiger partial charge is 0.236 e. The molecule has 0 saturated heterocycles. The Hall–Kier alpha value is -1.12. The average molecular weight is 213 g/mol.